The summed E-state index contributed by atoms with van der Waals surface area (Å²) >= 11 is 0. The number of rotatable bonds is 3. The SMILES string of the molecule is Fc1ccccc1-c1nnc(Cc2cccc3ccccc23)o1. The summed E-state index contributed by atoms with van der Waals surface area (Å²) < 4.78 is 19.4. The maximum absolute atomic E-state index is 13.8. The van der Waals surface area contributed by atoms with Crippen molar-refractivity contribution in [3.05, 3.63) is 84.0 Å². The van der Waals surface area contributed by atoms with Gasteiger partial charge >= 0.3 is 0 Å². The highest BCUT2D eigenvalue weighted by Gasteiger charge is 2.13. The predicted molar refractivity (Wildman–Crippen MR) is 86.4 cm³/mol. The normalized spacial score (nSPS) is 11.0. The first-order valence-electron chi connectivity index (χ1n) is 7.35. The Kier molecular flexibility index (Phi) is 3.35. The molecule has 0 spiro atoms. The molecule has 0 radical (unpaired) electrons. The average molecular weight is 304 g/mol. The Balaban J connectivity index is 1.69. The number of aromatic nitrogens is 2. The number of hydrogen-bond acceptors (Lipinski definition) is 3. The average Bonchev–Trinajstić information content (AvgIpc) is 3.04. The van der Waals surface area contributed by atoms with Gasteiger partial charge in [-0.1, -0.05) is 54.6 Å². The second kappa shape index (κ2) is 5.65. The highest BCUT2D eigenvalue weighted by Crippen LogP contribution is 2.24. The van der Waals surface area contributed by atoms with Crippen molar-refractivity contribution in [1.29, 1.82) is 0 Å². The van der Waals surface area contributed by atoms with Gasteiger partial charge in [-0.25, -0.2) is 4.39 Å². The lowest BCUT2D eigenvalue weighted by atomic mass is 10.0. The molecular weight excluding hydrogens is 291 g/mol. The van der Waals surface area contributed by atoms with Gasteiger partial charge < -0.3 is 4.42 Å². The fraction of sp³-hybridized carbons (Fsp3) is 0.0526. The second-order valence-corrected chi connectivity index (χ2v) is 5.30. The van der Waals surface area contributed by atoms with Gasteiger partial charge in [-0.15, -0.1) is 10.2 Å². The van der Waals surface area contributed by atoms with Crippen LogP contribution in [-0.4, -0.2) is 10.2 Å². The zero-order chi connectivity index (χ0) is 15.6. The Morgan fingerprint density at radius 3 is 2.52 bits per heavy atom. The number of nitrogens with zero attached hydrogens (tertiary/aromatic N) is 2. The second-order valence-electron chi connectivity index (χ2n) is 5.30. The summed E-state index contributed by atoms with van der Waals surface area (Å²) in [6.07, 6.45) is 0.517. The molecule has 0 bridgehead atoms. The van der Waals surface area contributed by atoms with E-state index in [4.69, 9.17) is 4.42 Å². The molecule has 0 N–H and O–H groups in total. The number of benzene rings is 3. The summed E-state index contributed by atoms with van der Waals surface area (Å²) in [7, 11) is 0. The minimum absolute atomic E-state index is 0.207. The molecule has 0 aliphatic carbocycles. The van der Waals surface area contributed by atoms with Crippen LogP contribution < -0.4 is 0 Å². The first kappa shape index (κ1) is 13.6. The standard InChI is InChI=1S/C19H13FN2O/c20-17-11-4-3-10-16(17)19-22-21-18(23-19)12-14-8-5-7-13-6-1-2-9-15(13)14/h1-11H,12H2. The molecule has 0 atom stereocenters. The summed E-state index contributed by atoms with van der Waals surface area (Å²) in [4.78, 5) is 0. The first-order chi connectivity index (χ1) is 11.3. The van der Waals surface area contributed by atoms with Crippen molar-refractivity contribution in [3.63, 3.8) is 0 Å². The van der Waals surface area contributed by atoms with Crippen molar-refractivity contribution in [3.8, 4) is 11.5 Å². The van der Waals surface area contributed by atoms with Crippen LogP contribution in [0.1, 0.15) is 11.5 Å². The van der Waals surface area contributed by atoms with E-state index >= 15 is 0 Å². The topological polar surface area (TPSA) is 38.9 Å². The highest BCUT2D eigenvalue weighted by molar-refractivity contribution is 5.85. The quantitative estimate of drug-likeness (QED) is 0.554. The monoisotopic (exact) mass is 304 g/mol. The minimum Gasteiger partial charge on any atom is -0.420 e. The molecule has 3 aromatic carbocycles. The van der Waals surface area contributed by atoms with E-state index in [-0.39, 0.29) is 11.7 Å². The van der Waals surface area contributed by atoms with Crippen molar-refractivity contribution >= 4 is 10.8 Å². The molecule has 1 aromatic heterocycles. The van der Waals surface area contributed by atoms with Gasteiger partial charge in [0, 0.05) is 0 Å². The molecule has 4 heteroatoms. The third-order valence-corrected chi connectivity index (χ3v) is 3.79. The van der Waals surface area contributed by atoms with Gasteiger partial charge in [0.1, 0.15) is 5.82 Å². The maximum atomic E-state index is 13.8. The van der Waals surface area contributed by atoms with Crippen LogP contribution in [0.4, 0.5) is 4.39 Å². The van der Waals surface area contributed by atoms with E-state index in [1.165, 1.54) is 11.5 Å². The van der Waals surface area contributed by atoms with Crippen molar-refractivity contribution < 1.29 is 8.81 Å². The number of hydrogen-bond donors (Lipinski definition) is 0. The van der Waals surface area contributed by atoms with E-state index in [1.807, 2.05) is 24.3 Å². The molecule has 4 rings (SSSR count). The van der Waals surface area contributed by atoms with E-state index in [0.717, 1.165) is 10.9 Å². The molecule has 1 heterocycles. The van der Waals surface area contributed by atoms with Crippen LogP contribution in [0.2, 0.25) is 0 Å². The van der Waals surface area contributed by atoms with Crippen LogP contribution in [-0.2, 0) is 6.42 Å². The number of halogens is 1. The molecular formula is C19H13FN2O. The summed E-state index contributed by atoms with van der Waals surface area (Å²) in [5.74, 6) is 0.311. The molecule has 0 fully saturated rings. The van der Waals surface area contributed by atoms with Gasteiger partial charge in [-0.3, -0.25) is 0 Å². The van der Waals surface area contributed by atoms with E-state index in [9.17, 15) is 4.39 Å². The summed E-state index contributed by atoms with van der Waals surface area (Å²) in [6, 6.07) is 20.6. The van der Waals surface area contributed by atoms with Gasteiger partial charge in [0.05, 0.1) is 12.0 Å². The lowest BCUT2D eigenvalue weighted by molar-refractivity contribution is 0.513. The molecule has 4 aromatic rings. The molecule has 3 nitrogen and oxygen atoms in total. The van der Waals surface area contributed by atoms with E-state index in [0.29, 0.717) is 17.9 Å². The molecule has 0 amide bonds. The van der Waals surface area contributed by atoms with Crippen LogP contribution in [0.5, 0.6) is 0 Å². The Morgan fingerprint density at radius 1 is 0.826 bits per heavy atom. The van der Waals surface area contributed by atoms with Gasteiger partial charge in [0.25, 0.3) is 5.89 Å². The zero-order valence-electron chi connectivity index (χ0n) is 12.2. The maximum Gasteiger partial charge on any atom is 0.250 e. The Bertz CT molecular complexity index is 972. The summed E-state index contributed by atoms with van der Waals surface area (Å²) in [6.45, 7) is 0. The van der Waals surface area contributed by atoms with Gasteiger partial charge in [0.2, 0.25) is 5.89 Å². The first-order valence-corrected chi connectivity index (χ1v) is 7.35. The van der Waals surface area contributed by atoms with Crippen molar-refractivity contribution in [1.82, 2.24) is 10.2 Å². The lowest BCUT2D eigenvalue weighted by Crippen LogP contribution is -1.90. The third kappa shape index (κ3) is 2.59. The minimum atomic E-state index is -0.368. The van der Waals surface area contributed by atoms with Gasteiger partial charge in [0.15, 0.2) is 0 Å². The molecule has 112 valence electrons. The summed E-state index contributed by atoms with van der Waals surface area (Å²) in [5.41, 5.74) is 1.43. The van der Waals surface area contributed by atoms with E-state index in [1.54, 1.807) is 18.2 Å². The lowest BCUT2D eigenvalue weighted by Gasteiger charge is -2.03. The van der Waals surface area contributed by atoms with Crippen LogP contribution >= 0.6 is 0 Å². The molecule has 0 saturated carbocycles. The molecule has 0 saturated heterocycles. The van der Waals surface area contributed by atoms with Crippen LogP contribution in [0.3, 0.4) is 0 Å². The molecule has 23 heavy (non-hydrogen) atoms. The Morgan fingerprint density at radius 2 is 1.61 bits per heavy atom. The van der Waals surface area contributed by atoms with Gasteiger partial charge in [-0.05, 0) is 28.5 Å². The van der Waals surface area contributed by atoms with Crippen molar-refractivity contribution in [2.75, 3.05) is 0 Å². The fourth-order valence-corrected chi connectivity index (χ4v) is 2.68. The molecule has 0 unspecified atom stereocenters. The van der Waals surface area contributed by atoms with Crippen molar-refractivity contribution in [2.24, 2.45) is 0 Å². The third-order valence-electron chi connectivity index (χ3n) is 3.79. The summed E-state index contributed by atoms with van der Waals surface area (Å²) in [5, 5.41) is 10.3. The van der Waals surface area contributed by atoms with E-state index in [2.05, 4.69) is 28.4 Å². The van der Waals surface area contributed by atoms with Crippen LogP contribution in [0.15, 0.2) is 71.1 Å². The molecule has 0 aliphatic rings. The van der Waals surface area contributed by atoms with Gasteiger partial charge in [-0.2, -0.15) is 0 Å². The highest BCUT2D eigenvalue weighted by atomic mass is 19.1. The molecule has 0 aliphatic heterocycles. The van der Waals surface area contributed by atoms with E-state index < -0.39 is 0 Å². The fourth-order valence-electron chi connectivity index (χ4n) is 2.68. The van der Waals surface area contributed by atoms with Crippen molar-refractivity contribution in [2.45, 2.75) is 6.42 Å². The smallest absolute Gasteiger partial charge is 0.250 e. The predicted octanol–water partition coefficient (Wildman–Crippen LogP) is 4.62. The Hall–Kier alpha value is -3.01. The largest absolute Gasteiger partial charge is 0.420 e. The Labute approximate surface area is 132 Å². The number of fused-ring (bicyclic) bond motifs is 1. The zero-order valence-corrected chi connectivity index (χ0v) is 12.2. The van der Waals surface area contributed by atoms with Crippen LogP contribution in [0, 0.1) is 5.82 Å². The van der Waals surface area contributed by atoms with Crippen LogP contribution in [0.25, 0.3) is 22.2 Å².